The maximum atomic E-state index is 12.5. The van der Waals surface area contributed by atoms with Crippen LogP contribution in [0, 0.1) is 6.92 Å². The first-order valence-electron chi connectivity index (χ1n) is 8.77. The van der Waals surface area contributed by atoms with Gasteiger partial charge in [0.1, 0.15) is 0 Å². The molecular weight excluding hydrogens is 434 g/mol. The summed E-state index contributed by atoms with van der Waals surface area (Å²) >= 11 is 3.30. The lowest BCUT2D eigenvalue weighted by Gasteiger charge is -2.12. The highest BCUT2D eigenvalue weighted by atomic mass is 79.9. The molecule has 3 rings (SSSR count). The molecule has 7 heteroatoms. The van der Waals surface area contributed by atoms with Crippen LogP contribution in [0.3, 0.4) is 0 Å². The smallest absolute Gasteiger partial charge is 0.271 e. The molecule has 29 heavy (non-hydrogen) atoms. The average Bonchev–Trinajstić information content (AvgIpc) is 2.73. The minimum absolute atomic E-state index is 0.226. The van der Waals surface area contributed by atoms with Gasteiger partial charge >= 0.3 is 0 Å². The van der Waals surface area contributed by atoms with E-state index in [0.29, 0.717) is 16.8 Å². The zero-order valence-corrected chi connectivity index (χ0v) is 17.1. The van der Waals surface area contributed by atoms with Crippen molar-refractivity contribution in [2.45, 2.75) is 6.92 Å². The zero-order chi connectivity index (χ0) is 20.8. The first-order valence-corrected chi connectivity index (χ1v) is 9.56. The molecule has 6 nitrogen and oxygen atoms in total. The molecule has 146 valence electrons. The van der Waals surface area contributed by atoms with Crippen molar-refractivity contribution in [1.82, 2.24) is 10.9 Å². The summed E-state index contributed by atoms with van der Waals surface area (Å²) in [5.74, 6) is -1.33. The summed E-state index contributed by atoms with van der Waals surface area (Å²) in [6.45, 7) is 1.93. The molecule has 0 aromatic heterocycles. The molecule has 0 unspecified atom stereocenters. The minimum Gasteiger partial charge on any atom is -0.321 e. The molecule has 0 aliphatic heterocycles. The second-order valence-corrected chi connectivity index (χ2v) is 7.20. The molecule has 0 saturated heterocycles. The first-order chi connectivity index (χ1) is 13.9. The van der Waals surface area contributed by atoms with Crippen LogP contribution in [0.15, 0.2) is 77.3 Å². The SMILES string of the molecule is Cc1ccc(C(=O)Nc2ccccc2C(=O)NNC(=O)c2ccc(Br)cc2)cc1. The Bertz CT molecular complexity index is 1050. The summed E-state index contributed by atoms with van der Waals surface area (Å²) in [6, 6.07) is 20.4. The fraction of sp³-hybridized carbons (Fsp3) is 0.0455. The van der Waals surface area contributed by atoms with Crippen molar-refractivity contribution in [3.63, 3.8) is 0 Å². The van der Waals surface area contributed by atoms with Crippen LogP contribution < -0.4 is 16.2 Å². The van der Waals surface area contributed by atoms with Gasteiger partial charge in [-0.2, -0.15) is 0 Å². The molecule has 0 bridgehead atoms. The third-order valence-electron chi connectivity index (χ3n) is 4.13. The highest BCUT2D eigenvalue weighted by Gasteiger charge is 2.15. The molecule has 0 fully saturated rings. The van der Waals surface area contributed by atoms with Gasteiger partial charge in [0.05, 0.1) is 11.3 Å². The van der Waals surface area contributed by atoms with Crippen molar-refractivity contribution in [2.75, 3.05) is 5.32 Å². The lowest BCUT2D eigenvalue weighted by atomic mass is 10.1. The maximum absolute atomic E-state index is 12.5. The molecule has 0 atom stereocenters. The Kier molecular flexibility index (Phi) is 6.41. The largest absolute Gasteiger partial charge is 0.321 e. The number of halogens is 1. The van der Waals surface area contributed by atoms with Gasteiger partial charge < -0.3 is 5.32 Å². The van der Waals surface area contributed by atoms with Crippen molar-refractivity contribution in [1.29, 1.82) is 0 Å². The van der Waals surface area contributed by atoms with Crippen LogP contribution in [0.25, 0.3) is 0 Å². The number of amides is 3. The Labute approximate surface area is 176 Å². The number of carbonyl (C=O) groups excluding carboxylic acids is 3. The van der Waals surface area contributed by atoms with E-state index in [4.69, 9.17) is 0 Å². The number of para-hydroxylation sites is 1. The molecule has 0 heterocycles. The molecule has 0 aliphatic carbocycles. The van der Waals surface area contributed by atoms with Crippen LogP contribution in [0.5, 0.6) is 0 Å². The van der Waals surface area contributed by atoms with Gasteiger partial charge in [0.15, 0.2) is 0 Å². The number of aryl methyl sites for hydroxylation is 1. The number of anilines is 1. The van der Waals surface area contributed by atoms with Crippen molar-refractivity contribution in [2.24, 2.45) is 0 Å². The van der Waals surface area contributed by atoms with E-state index in [1.807, 2.05) is 19.1 Å². The van der Waals surface area contributed by atoms with E-state index in [9.17, 15) is 14.4 Å². The fourth-order valence-electron chi connectivity index (χ4n) is 2.54. The van der Waals surface area contributed by atoms with Gasteiger partial charge in [-0.1, -0.05) is 45.8 Å². The summed E-state index contributed by atoms with van der Waals surface area (Å²) in [6.07, 6.45) is 0. The highest BCUT2D eigenvalue weighted by Crippen LogP contribution is 2.16. The Balaban J connectivity index is 1.68. The Morgan fingerprint density at radius 3 is 1.93 bits per heavy atom. The zero-order valence-electron chi connectivity index (χ0n) is 15.5. The molecule has 0 radical (unpaired) electrons. The molecule has 3 amide bonds. The minimum atomic E-state index is -0.546. The van der Waals surface area contributed by atoms with Crippen molar-refractivity contribution >= 4 is 39.3 Å². The van der Waals surface area contributed by atoms with E-state index in [1.165, 1.54) is 0 Å². The van der Waals surface area contributed by atoms with Crippen LogP contribution >= 0.6 is 15.9 Å². The number of hydrogen-bond acceptors (Lipinski definition) is 3. The molecular formula is C22H18BrN3O3. The van der Waals surface area contributed by atoms with Crippen LogP contribution in [0.4, 0.5) is 5.69 Å². The van der Waals surface area contributed by atoms with Crippen molar-refractivity contribution < 1.29 is 14.4 Å². The number of nitrogens with one attached hydrogen (secondary N) is 3. The number of carbonyl (C=O) groups is 3. The summed E-state index contributed by atoms with van der Waals surface area (Å²) in [5, 5.41) is 2.74. The van der Waals surface area contributed by atoms with Crippen LogP contribution in [-0.2, 0) is 0 Å². The third-order valence-corrected chi connectivity index (χ3v) is 4.66. The highest BCUT2D eigenvalue weighted by molar-refractivity contribution is 9.10. The second-order valence-electron chi connectivity index (χ2n) is 6.28. The average molecular weight is 452 g/mol. The third kappa shape index (κ3) is 5.30. The summed E-state index contributed by atoms with van der Waals surface area (Å²) in [7, 11) is 0. The van der Waals surface area contributed by atoms with Gasteiger partial charge in [-0.05, 0) is 55.5 Å². The molecule has 0 spiro atoms. The number of rotatable bonds is 4. The standard InChI is InChI=1S/C22H18BrN3O3/c1-14-6-8-15(9-7-14)20(27)24-19-5-3-2-4-18(19)22(29)26-25-21(28)16-10-12-17(23)13-11-16/h2-13H,1H3,(H,24,27)(H,25,28)(H,26,29). The monoisotopic (exact) mass is 451 g/mol. The quantitative estimate of drug-likeness (QED) is 0.522. The van der Waals surface area contributed by atoms with Gasteiger partial charge in [-0.3, -0.25) is 25.2 Å². The van der Waals surface area contributed by atoms with E-state index < -0.39 is 11.8 Å². The van der Waals surface area contributed by atoms with E-state index in [1.54, 1.807) is 60.7 Å². The fourth-order valence-corrected chi connectivity index (χ4v) is 2.81. The first kappa shape index (κ1) is 20.3. The van der Waals surface area contributed by atoms with Crippen LogP contribution in [-0.4, -0.2) is 17.7 Å². The van der Waals surface area contributed by atoms with Gasteiger partial charge in [0.25, 0.3) is 17.7 Å². The van der Waals surface area contributed by atoms with Gasteiger partial charge in [0.2, 0.25) is 0 Å². The summed E-state index contributed by atoms with van der Waals surface area (Å²) < 4.78 is 0.844. The number of hydrogen-bond donors (Lipinski definition) is 3. The topological polar surface area (TPSA) is 87.3 Å². The van der Waals surface area contributed by atoms with Gasteiger partial charge in [-0.25, -0.2) is 0 Å². The van der Waals surface area contributed by atoms with E-state index in [-0.39, 0.29) is 11.5 Å². The summed E-state index contributed by atoms with van der Waals surface area (Å²) in [4.78, 5) is 37.2. The normalized spacial score (nSPS) is 10.1. The van der Waals surface area contributed by atoms with Crippen molar-refractivity contribution in [3.05, 3.63) is 99.5 Å². The predicted octanol–water partition coefficient (Wildman–Crippen LogP) is 4.08. The lowest BCUT2D eigenvalue weighted by molar-refractivity contribution is 0.0847. The second kappa shape index (κ2) is 9.16. The van der Waals surface area contributed by atoms with E-state index >= 15 is 0 Å². The maximum Gasteiger partial charge on any atom is 0.271 e. The van der Waals surface area contributed by atoms with Crippen LogP contribution in [0.2, 0.25) is 0 Å². The summed E-state index contributed by atoms with van der Waals surface area (Å²) in [5.41, 5.74) is 7.23. The van der Waals surface area contributed by atoms with E-state index in [2.05, 4.69) is 32.1 Å². The Morgan fingerprint density at radius 1 is 0.690 bits per heavy atom. The molecule has 3 aromatic rings. The van der Waals surface area contributed by atoms with Gasteiger partial charge in [-0.15, -0.1) is 0 Å². The molecule has 3 N–H and O–H groups in total. The van der Waals surface area contributed by atoms with E-state index in [0.717, 1.165) is 10.0 Å². The van der Waals surface area contributed by atoms with Crippen LogP contribution in [0.1, 0.15) is 36.6 Å². The lowest BCUT2D eigenvalue weighted by Crippen LogP contribution is -2.41. The van der Waals surface area contributed by atoms with Crippen molar-refractivity contribution in [3.8, 4) is 0 Å². The molecule has 3 aromatic carbocycles. The number of benzene rings is 3. The number of hydrazine groups is 1. The molecule has 0 saturated carbocycles. The van der Waals surface area contributed by atoms with Gasteiger partial charge in [0, 0.05) is 15.6 Å². The predicted molar refractivity (Wildman–Crippen MR) is 115 cm³/mol. The molecule has 0 aliphatic rings. The Morgan fingerprint density at radius 2 is 1.24 bits per heavy atom. The Hall–Kier alpha value is -3.45.